The second kappa shape index (κ2) is 3.79. The minimum absolute atomic E-state index is 0. The van der Waals surface area contributed by atoms with Crippen molar-refractivity contribution < 1.29 is 22.3 Å². The molecule has 2 N–H and O–H groups in total. The first-order valence-corrected chi connectivity index (χ1v) is 2.82. The van der Waals surface area contributed by atoms with Crippen molar-refractivity contribution in [3.05, 3.63) is 0 Å². The van der Waals surface area contributed by atoms with Crippen LogP contribution in [0.5, 0.6) is 0 Å². The molecule has 0 aromatic rings. The zero-order chi connectivity index (χ0) is 5.91. The fourth-order valence-electron chi connectivity index (χ4n) is 0.0680. The monoisotopic (exact) mass is 144 g/mol. The smallest absolute Gasteiger partial charge is 0.399 e. The van der Waals surface area contributed by atoms with Crippen LogP contribution in [-0.2, 0) is 18.8 Å². The predicted octanol–water partition coefficient (Wildman–Crippen LogP) is -1.30. The van der Waals surface area contributed by atoms with Crippen molar-refractivity contribution in [3.8, 4) is 0 Å². The van der Waals surface area contributed by atoms with Gasteiger partial charge >= 0.3 is 10.4 Å². The van der Waals surface area contributed by atoms with Crippen LogP contribution in [-0.4, -0.2) is 28.1 Å². The van der Waals surface area contributed by atoms with E-state index >= 15 is 0 Å². The Balaban J connectivity index is 0. The van der Waals surface area contributed by atoms with Gasteiger partial charge in [0.05, 0.1) is 14.2 Å². The van der Waals surface area contributed by atoms with E-state index < -0.39 is 10.4 Å². The quantitative estimate of drug-likeness (QED) is 0.482. The zero-order valence-corrected chi connectivity index (χ0v) is 5.36. The van der Waals surface area contributed by atoms with Crippen molar-refractivity contribution in [1.29, 1.82) is 0 Å². The maximum absolute atomic E-state index is 9.92. The molecule has 0 aromatic carbocycles. The van der Waals surface area contributed by atoms with E-state index in [0.717, 1.165) is 14.2 Å². The molecule has 0 heterocycles. The summed E-state index contributed by atoms with van der Waals surface area (Å²) in [5, 5.41) is 0. The molecule has 0 aliphatic rings. The lowest BCUT2D eigenvalue weighted by Gasteiger charge is -1.91. The fourth-order valence-corrected chi connectivity index (χ4v) is 0.204. The van der Waals surface area contributed by atoms with Crippen molar-refractivity contribution in [3.63, 3.8) is 0 Å². The normalized spacial score (nSPS) is 10.2. The minimum Gasteiger partial charge on any atom is -0.412 e. The molecule has 0 rings (SSSR count). The van der Waals surface area contributed by atoms with Crippen LogP contribution in [0, 0.1) is 0 Å². The topological polar surface area (TPSA) is 84.1 Å². The fraction of sp³-hybridized carbons (Fsp3) is 1.00. The van der Waals surface area contributed by atoms with Crippen molar-refractivity contribution >= 4 is 10.4 Å². The molecule has 0 saturated heterocycles. The Hall–Kier alpha value is -0.170. The first kappa shape index (κ1) is 10.7. The maximum Gasteiger partial charge on any atom is 0.399 e. The lowest BCUT2D eigenvalue weighted by Crippen LogP contribution is -2.02. The molecule has 0 aliphatic heterocycles. The molecule has 0 amide bonds. The van der Waals surface area contributed by atoms with Crippen molar-refractivity contribution in [2.24, 2.45) is 0 Å². The zero-order valence-electron chi connectivity index (χ0n) is 4.54. The highest BCUT2D eigenvalue weighted by atomic mass is 32.3. The number of hydrogen-bond acceptors (Lipinski definition) is 4. The summed E-state index contributed by atoms with van der Waals surface area (Å²) in [4.78, 5) is 0. The van der Waals surface area contributed by atoms with E-state index in [4.69, 9.17) is 0 Å². The Kier molecular flexibility index (Phi) is 5.09. The highest BCUT2D eigenvalue weighted by molar-refractivity contribution is 7.81. The van der Waals surface area contributed by atoms with Crippen LogP contribution in [0.1, 0.15) is 0 Å². The van der Waals surface area contributed by atoms with Crippen LogP contribution in [0.25, 0.3) is 0 Å². The Morgan fingerprint density at radius 2 is 1.38 bits per heavy atom. The molecular formula is C2H8O5S. The highest BCUT2D eigenvalue weighted by Gasteiger charge is 2.01. The van der Waals surface area contributed by atoms with Crippen LogP contribution in [0.15, 0.2) is 0 Å². The van der Waals surface area contributed by atoms with Gasteiger partial charge in [0.1, 0.15) is 0 Å². The van der Waals surface area contributed by atoms with Crippen molar-refractivity contribution in [2.75, 3.05) is 14.2 Å². The third-order valence-corrected chi connectivity index (χ3v) is 1.22. The van der Waals surface area contributed by atoms with Crippen LogP contribution in [0.3, 0.4) is 0 Å². The molecule has 6 heteroatoms. The van der Waals surface area contributed by atoms with E-state index in [0.29, 0.717) is 0 Å². The molecule has 0 unspecified atom stereocenters. The van der Waals surface area contributed by atoms with Gasteiger partial charge in [-0.1, -0.05) is 0 Å². The third kappa shape index (κ3) is 4.00. The van der Waals surface area contributed by atoms with Crippen LogP contribution < -0.4 is 0 Å². The van der Waals surface area contributed by atoms with Gasteiger partial charge in [0.15, 0.2) is 0 Å². The van der Waals surface area contributed by atoms with Crippen LogP contribution >= 0.6 is 0 Å². The molecule has 52 valence electrons. The second-order valence-electron chi connectivity index (χ2n) is 0.742. The minimum atomic E-state index is -3.66. The largest absolute Gasteiger partial charge is 0.412 e. The van der Waals surface area contributed by atoms with Gasteiger partial charge in [-0.25, -0.2) is 0 Å². The summed E-state index contributed by atoms with van der Waals surface area (Å²) >= 11 is 0. The molecule has 8 heavy (non-hydrogen) atoms. The van der Waals surface area contributed by atoms with E-state index in [1.807, 2.05) is 0 Å². The van der Waals surface area contributed by atoms with E-state index in [-0.39, 0.29) is 5.48 Å². The standard InChI is InChI=1S/C2H6O4S.H2O/c1-5-7(3,4)6-2;/h1-2H3;1H2. The summed E-state index contributed by atoms with van der Waals surface area (Å²) in [5.74, 6) is 0. The summed E-state index contributed by atoms with van der Waals surface area (Å²) in [5.41, 5.74) is 0. The number of rotatable bonds is 2. The number of hydrogen-bond donors (Lipinski definition) is 0. The SMILES string of the molecule is COS(=O)(=O)OC.O. The van der Waals surface area contributed by atoms with Gasteiger partial charge in [-0.2, -0.15) is 8.42 Å². The van der Waals surface area contributed by atoms with Gasteiger partial charge in [0.2, 0.25) is 0 Å². The summed E-state index contributed by atoms with van der Waals surface area (Å²) < 4.78 is 27.5. The van der Waals surface area contributed by atoms with Gasteiger partial charge in [0, 0.05) is 0 Å². The van der Waals surface area contributed by atoms with Gasteiger partial charge in [-0.3, -0.25) is 8.37 Å². The lowest BCUT2D eigenvalue weighted by molar-refractivity contribution is 0.286. The van der Waals surface area contributed by atoms with E-state index in [1.165, 1.54) is 0 Å². The van der Waals surface area contributed by atoms with E-state index in [1.54, 1.807) is 0 Å². The van der Waals surface area contributed by atoms with Gasteiger partial charge < -0.3 is 5.48 Å². The molecule has 0 atom stereocenters. The Labute approximate surface area is 47.9 Å². The maximum atomic E-state index is 9.92. The molecule has 0 aromatic heterocycles. The molecule has 0 saturated carbocycles. The molecule has 0 aliphatic carbocycles. The average molecular weight is 144 g/mol. The van der Waals surface area contributed by atoms with Crippen LogP contribution in [0.4, 0.5) is 0 Å². The molecule has 0 fully saturated rings. The van der Waals surface area contributed by atoms with E-state index in [2.05, 4.69) is 8.37 Å². The molecule has 5 nitrogen and oxygen atoms in total. The van der Waals surface area contributed by atoms with Crippen LogP contribution in [0.2, 0.25) is 0 Å². The first-order chi connectivity index (χ1) is 3.12. The predicted molar refractivity (Wildman–Crippen MR) is 26.6 cm³/mol. The van der Waals surface area contributed by atoms with E-state index in [9.17, 15) is 8.42 Å². The van der Waals surface area contributed by atoms with Crippen molar-refractivity contribution in [1.82, 2.24) is 0 Å². The second-order valence-corrected chi connectivity index (χ2v) is 2.22. The summed E-state index contributed by atoms with van der Waals surface area (Å²) in [6, 6.07) is 0. The average Bonchev–Trinajstić information content (AvgIpc) is 1.68. The Bertz CT molecular complexity index is 113. The summed E-state index contributed by atoms with van der Waals surface area (Å²) in [6.07, 6.45) is 0. The summed E-state index contributed by atoms with van der Waals surface area (Å²) in [6.45, 7) is 0. The van der Waals surface area contributed by atoms with Gasteiger partial charge in [-0.15, -0.1) is 0 Å². The highest BCUT2D eigenvalue weighted by Crippen LogP contribution is 1.85. The molecule has 0 radical (unpaired) electrons. The molecular weight excluding hydrogens is 136 g/mol. The van der Waals surface area contributed by atoms with Gasteiger partial charge in [0.25, 0.3) is 0 Å². The Morgan fingerprint density at radius 1 is 1.12 bits per heavy atom. The molecule has 0 spiro atoms. The first-order valence-electron chi connectivity index (χ1n) is 1.48. The lowest BCUT2D eigenvalue weighted by atomic mass is 11.8. The van der Waals surface area contributed by atoms with Gasteiger partial charge in [-0.05, 0) is 0 Å². The Morgan fingerprint density at radius 3 is 1.38 bits per heavy atom. The molecule has 0 bridgehead atoms. The summed E-state index contributed by atoms with van der Waals surface area (Å²) in [7, 11) is -1.60. The van der Waals surface area contributed by atoms with Crippen molar-refractivity contribution in [2.45, 2.75) is 0 Å². The third-order valence-electron chi connectivity index (χ3n) is 0.408.